The Morgan fingerprint density at radius 1 is 1.29 bits per heavy atom. The molecule has 1 aliphatic heterocycles. The van der Waals surface area contributed by atoms with Gasteiger partial charge in [0.05, 0.1) is 12.3 Å². The maximum absolute atomic E-state index is 12.3. The second-order valence-electron chi connectivity index (χ2n) is 5.21. The van der Waals surface area contributed by atoms with E-state index >= 15 is 0 Å². The molecule has 1 unspecified atom stereocenters. The number of nitrogens with two attached hydrogens (primary N) is 1. The van der Waals surface area contributed by atoms with Gasteiger partial charge in [0.1, 0.15) is 0 Å². The van der Waals surface area contributed by atoms with Crippen molar-refractivity contribution in [1.82, 2.24) is 9.80 Å². The molecular formula is C14H19N3O3S. The zero-order chi connectivity index (χ0) is 15.4. The molecule has 114 valence electrons. The zero-order valence-electron chi connectivity index (χ0n) is 11.9. The quantitative estimate of drug-likeness (QED) is 0.858. The first-order chi connectivity index (χ1) is 9.97. The van der Waals surface area contributed by atoms with Crippen LogP contribution in [0.4, 0.5) is 0 Å². The van der Waals surface area contributed by atoms with Crippen LogP contribution < -0.4 is 5.73 Å². The Hall–Kier alpha value is -1.89. The maximum Gasteiger partial charge on any atom is 0.227 e. The van der Waals surface area contributed by atoms with E-state index in [-0.39, 0.29) is 24.9 Å². The van der Waals surface area contributed by atoms with E-state index in [0.29, 0.717) is 19.5 Å². The number of nitrogens with zero attached hydrogens (tertiary/aromatic N) is 2. The van der Waals surface area contributed by atoms with Crippen LogP contribution in [0, 0.1) is 5.92 Å². The lowest BCUT2D eigenvalue weighted by atomic mass is 10.1. The average Bonchev–Trinajstić information content (AvgIpc) is 2.80. The van der Waals surface area contributed by atoms with Gasteiger partial charge in [-0.05, 0) is 22.4 Å². The number of hydrogen-bond donors (Lipinski definition) is 1. The SMILES string of the molecule is CC(=O)N1CCN(C(=O)Cc2ccsc2)CC(C(N)=O)C1. The number of thiophene rings is 1. The second-order valence-corrected chi connectivity index (χ2v) is 5.99. The van der Waals surface area contributed by atoms with Crippen LogP contribution in [0.2, 0.25) is 0 Å². The molecule has 0 spiro atoms. The summed E-state index contributed by atoms with van der Waals surface area (Å²) in [5.74, 6) is -1.13. The van der Waals surface area contributed by atoms with E-state index in [2.05, 4.69) is 0 Å². The molecule has 0 aromatic carbocycles. The van der Waals surface area contributed by atoms with Gasteiger partial charge in [-0.15, -0.1) is 0 Å². The van der Waals surface area contributed by atoms with Gasteiger partial charge in [-0.3, -0.25) is 14.4 Å². The van der Waals surface area contributed by atoms with Gasteiger partial charge in [-0.2, -0.15) is 11.3 Å². The summed E-state index contributed by atoms with van der Waals surface area (Å²) < 4.78 is 0. The van der Waals surface area contributed by atoms with Gasteiger partial charge in [0.25, 0.3) is 0 Å². The zero-order valence-corrected chi connectivity index (χ0v) is 12.8. The number of amides is 3. The Balaban J connectivity index is 2.06. The molecule has 0 saturated carbocycles. The molecule has 1 aromatic rings. The molecule has 0 radical (unpaired) electrons. The molecule has 2 N–H and O–H groups in total. The van der Waals surface area contributed by atoms with Gasteiger partial charge < -0.3 is 15.5 Å². The van der Waals surface area contributed by atoms with Crippen LogP contribution >= 0.6 is 11.3 Å². The predicted octanol–water partition coefficient (Wildman–Crippen LogP) is 0.0828. The first-order valence-electron chi connectivity index (χ1n) is 6.81. The highest BCUT2D eigenvalue weighted by Crippen LogP contribution is 2.13. The minimum Gasteiger partial charge on any atom is -0.369 e. The summed E-state index contributed by atoms with van der Waals surface area (Å²) >= 11 is 1.54. The van der Waals surface area contributed by atoms with Crippen molar-refractivity contribution in [3.8, 4) is 0 Å². The number of primary amides is 1. The van der Waals surface area contributed by atoms with Gasteiger partial charge in [-0.25, -0.2) is 0 Å². The van der Waals surface area contributed by atoms with Gasteiger partial charge in [0.2, 0.25) is 17.7 Å². The lowest BCUT2D eigenvalue weighted by Gasteiger charge is -2.22. The molecule has 1 aromatic heterocycles. The van der Waals surface area contributed by atoms with E-state index in [0.717, 1.165) is 5.56 Å². The van der Waals surface area contributed by atoms with Crippen molar-refractivity contribution in [1.29, 1.82) is 0 Å². The summed E-state index contributed by atoms with van der Waals surface area (Å²) in [6.07, 6.45) is 0.315. The van der Waals surface area contributed by atoms with Crippen molar-refractivity contribution >= 4 is 29.1 Å². The molecule has 2 heterocycles. The molecule has 6 nitrogen and oxygen atoms in total. The fourth-order valence-electron chi connectivity index (χ4n) is 2.39. The second kappa shape index (κ2) is 6.71. The predicted molar refractivity (Wildman–Crippen MR) is 79.5 cm³/mol. The number of carbonyl (C=O) groups is 3. The van der Waals surface area contributed by atoms with Crippen LogP contribution in [-0.2, 0) is 20.8 Å². The molecule has 0 bridgehead atoms. The van der Waals surface area contributed by atoms with E-state index in [4.69, 9.17) is 5.73 Å². The van der Waals surface area contributed by atoms with Crippen molar-refractivity contribution in [3.05, 3.63) is 22.4 Å². The summed E-state index contributed by atoms with van der Waals surface area (Å²) in [5, 5.41) is 3.86. The van der Waals surface area contributed by atoms with Crippen LogP contribution in [0.15, 0.2) is 16.8 Å². The van der Waals surface area contributed by atoms with E-state index in [1.807, 2.05) is 16.8 Å². The van der Waals surface area contributed by atoms with E-state index < -0.39 is 11.8 Å². The van der Waals surface area contributed by atoms with Crippen molar-refractivity contribution in [2.45, 2.75) is 13.3 Å². The summed E-state index contributed by atoms with van der Waals surface area (Å²) in [6.45, 7) is 2.90. The Morgan fingerprint density at radius 2 is 1.95 bits per heavy atom. The third kappa shape index (κ3) is 4.04. The summed E-state index contributed by atoms with van der Waals surface area (Å²) in [4.78, 5) is 38.6. The fraction of sp³-hybridized carbons (Fsp3) is 0.500. The highest BCUT2D eigenvalue weighted by atomic mass is 32.1. The molecule has 1 aliphatic rings. The summed E-state index contributed by atoms with van der Waals surface area (Å²) in [7, 11) is 0. The number of carbonyl (C=O) groups excluding carboxylic acids is 3. The minimum atomic E-state index is -0.511. The standard InChI is InChI=1S/C14H19N3O3S/c1-10(18)16-3-4-17(8-12(7-16)14(15)20)13(19)6-11-2-5-21-9-11/h2,5,9,12H,3-4,6-8H2,1H3,(H2,15,20). The fourth-order valence-corrected chi connectivity index (χ4v) is 3.05. The maximum atomic E-state index is 12.3. The normalized spacial score (nSPS) is 19.2. The summed E-state index contributed by atoms with van der Waals surface area (Å²) in [5.41, 5.74) is 6.35. The van der Waals surface area contributed by atoms with Crippen molar-refractivity contribution in [2.75, 3.05) is 26.2 Å². The van der Waals surface area contributed by atoms with Crippen molar-refractivity contribution in [3.63, 3.8) is 0 Å². The van der Waals surface area contributed by atoms with E-state index in [1.165, 1.54) is 6.92 Å². The molecular weight excluding hydrogens is 290 g/mol. The smallest absolute Gasteiger partial charge is 0.227 e. The van der Waals surface area contributed by atoms with Crippen LogP contribution in [0.5, 0.6) is 0 Å². The van der Waals surface area contributed by atoms with Gasteiger partial charge in [0.15, 0.2) is 0 Å². The molecule has 1 saturated heterocycles. The molecule has 1 fully saturated rings. The first kappa shape index (κ1) is 15.5. The topological polar surface area (TPSA) is 83.7 Å². The van der Waals surface area contributed by atoms with Gasteiger partial charge in [0, 0.05) is 33.1 Å². The highest BCUT2D eigenvalue weighted by molar-refractivity contribution is 7.07. The highest BCUT2D eigenvalue weighted by Gasteiger charge is 2.29. The third-order valence-electron chi connectivity index (χ3n) is 3.66. The first-order valence-corrected chi connectivity index (χ1v) is 7.75. The van der Waals surface area contributed by atoms with E-state index in [1.54, 1.807) is 21.1 Å². The lowest BCUT2D eigenvalue weighted by Crippen LogP contribution is -2.41. The van der Waals surface area contributed by atoms with Crippen molar-refractivity contribution in [2.24, 2.45) is 11.7 Å². The Labute approximate surface area is 127 Å². The van der Waals surface area contributed by atoms with Gasteiger partial charge in [-0.1, -0.05) is 0 Å². The average molecular weight is 309 g/mol. The Kier molecular flexibility index (Phi) is 4.95. The van der Waals surface area contributed by atoms with Crippen molar-refractivity contribution < 1.29 is 14.4 Å². The molecule has 2 rings (SSSR count). The largest absolute Gasteiger partial charge is 0.369 e. The monoisotopic (exact) mass is 309 g/mol. The number of rotatable bonds is 3. The Bertz CT molecular complexity index is 530. The number of hydrogen-bond acceptors (Lipinski definition) is 4. The minimum absolute atomic E-state index is 0.0370. The molecule has 21 heavy (non-hydrogen) atoms. The lowest BCUT2D eigenvalue weighted by molar-refractivity contribution is -0.132. The molecule has 1 atom stereocenters. The van der Waals surface area contributed by atoms with Gasteiger partial charge >= 0.3 is 0 Å². The third-order valence-corrected chi connectivity index (χ3v) is 4.39. The molecule has 0 aliphatic carbocycles. The van der Waals surface area contributed by atoms with Crippen LogP contribution in [-0.4, -0.2) is 53.7 Å². The molecule has 3 amide bonds. The van der Waals surface area contributed by atoms with Crippen LogP contribution in [0.25, 0.3) is 0 Å². The Morgan fingerprint density at radius 3 is 2.52 bits per heavy atom. The molecule has 7 heteroatoms. The van der Waals surface area contributed by atoms with E-state index in [9.17, 15) is 14.4 Å². The van der Waals surface area contributed by atoms with Crippen LogP contribution in [0.1, 0.15) is 12.5 Å². The summed E-state index contributed by atoms with van der Waals surface area (Å²) in [6, 6.07) is 1.91. The van der Waals surface area contributed by atoms with Crippen LogP contribution in [0.3, 0.4) is 0 Å².